The minimum absolute atomic E-state index is 0.0171. The van der Waals surface area contributed by atoms with Gasteiger partial charge in [0.1, 0.15) is 0 Å². The Labute approximate surface area is 207 Å². The van der Waals surface area contributed by atoms with Gasteiger partial charge in [0, 0.05) is 43.6 Å². The minimum Gasteiger partial charge on any atom is -0.394 e. The van der Waals surface area contributed by atoms with Crippen molar-refractivity contribution < 1.29 is 34.0 Å². The van der Waals surface area contributed by atoms with Gasteiger partial charge in [0.2, 0.25) is 5.91 Å². The van der Waals surface area contributed by atoms with E-state index < -0.39 is 0 Å². The van der Waals surface area contributed by atoms with Crippen molar-refractivity contribution >= 4 is 27.5 Å². The molecular formula is C22H44N2O7S2. The molecule has 0 saturated carbocycles. The highest BCUT2D eigenvalue weighted by Gasteiger charge is 2.15. The average molecular weight is 513 g/mol. The Morgan fingerprint density at radius 3 is 2.00 bits per heavy atom. The minimum atomic E-state index is 0.0171. The van der Waals surface area contributed by atoms with Gasteiger partial charge >= 0.3 is 0 Å². The Morgan fingerprint density at radius 2 is 1.45 bits per heavy atom. The standard InChI is InChI=1S/C22H44N2O7S2/c25-10-14-30-18-16-28-12-8-24(9-13-29-17-19-31-15-11-26)7-6-23-22(27)4-2-1-3-21-5-20-32-33-21/h21,25-26H,1-20H2,(H,23,27). The molecule has 196 valence electrons. The van der Waals surface area contributed by atoms with E-state index in [9.17, 15) is 4.79 Å². The number of nitrogens with zero attached hydrogens (tertiary/aromatic N) is 1. The number of aliphatic hydroxyl groups excluding tert-OH is 2. The molecule has 1 saturated heterocycles. The van der Waals surface area contributed by atoms with Crippen molar-refractivity contribution in [3.63, 3.8) is 0 Å². The Balaban J connectivity index is 2.13. The number of ether oxygens (including phenoxy) is 4. The summed E-state index contributed by atoms with van der Waals surface area (Å²) in [6.45, 7) is 6.52. The Hall–Kier alpha value is -0.110. The second kappa shape index (κ2) is 23.6. The Bertz CT molecular complexity index is 429. The van der Waals surface area contributed by atoms with Gasteiger partial charge in [-0.1, -0.05) is 28.0 Å². The summed E-state index contributed by atoms with van der Waals surface area (Å²) in [5.41, 5.74) is 0. The first-order valence-electron chi connectivity index (χ1n) is 12.1. The van der Waals surface area contributed by atoms with Crippen molar-refractivity contribution in [2.24, 2.45) is 0 Å². The fourth-order valence-corrected chi connectivity index (χ4v) is 6.19. The van der Waals surface area contributed by atoms with Crippen LogP contribution in [-0.2, 0) is 23.7 Å². The summed E-state index contributed by atoms with van der Waals surface area (Å²) < 4.78 is 21.6. The molecule has 1 amide bonds. The van der Waals surface area contributed by atoms with Crippen LogP contribution < -0.4 is 5.32 Å². The van der Waals surface area contributed by atoms with E-state index in [2.05, 4.69) is 10.2 Å². The fourth-order valence-electron chi connectivity index (χ4n) is 3.16. The smallest absolute Gasteiger partial charge is 0.220 e. The summed E-state index contributed by atoms with van der Waals surface area (Å²) in [4.78, 5) is 14.3. The van der Waals surface area contributed by atoms with Crippen LogP contribution in [0.3, 0.4) is 0 Å². The summed E-state index contributed by atoms with van der Waals surface area (Å²) >= 11 is 0. The second-order valence-electron chi connectivity index (χ2n) is 7.66. The summed E-state index contributed by atoms with van der Waals surface area (Å²) in [5.74, 6) is 1.38. The molecular weight excluding hydrogens is 468 g/mol. The largest absolute Gasteiger partial charge is 0.394 e. The molecule has 1 fully saturated rings. The average Bonchev–Trinajstić information content (AvgIpc) is 3.34. The van der Waals surface area contributed by atoms with Gasteiger partial charge in [-0.05, 0) is 19.3 Å². The van der Waals surface area contributed by atoms with Crippen LogP contribution in [0, 0.1) is 0 Å². The lowest BCUT2D eigenvalue weighted by Gasteiger charge is -2.22. The summed E-state index contributed by atoms with van der Waals surface area (Å²) in [6, 6.07) is 0. The molecule has 33 heavy (non-hydrogen) atoms. The van der Waals surface area contributed by atoms with E-state index >= 15 is 0 Å². The lowest BCUT2D eigenvalue weighted by Crippen LogP contribution is -2.38. The van der Waals surface area contributed by atoms with E-state index in [4.69, 9.17) is 29.2 Å². The van der Waals surface area contributed by atoms with E-state index in [-0.39, 0.29) is 19.1 Å². The van der Waals surface area contributed by atoms with Crippen LogP contribution in [0.5, 0.6) is 0 Å². The zero-order valence-corrected chi connectivity index (χ0v) is 21.6. The first-order chi connectivity index (χ1) is 16.3. The molecule has 0 spiro atoms. The van der Waals surface area contributed by atoms with Crippen LogP contribution in [0.2, 0.25) is 0 Å². The predicted molar refractivity (Wildman–Crippen MR) is 134 cm³/mol. The van der Waals surface area contributed by atoms with Gasteiger partial charge in [0.05, 0.1) is 66.1 Å². The predicted octanol–water partition coefficient (Wildman–Crippen LogP) is 1.17. The SMILES string of the molecule is O=C(CCCCC1CCSS1)NCCN(CCOCCOCCO)CCOCCOCCO. The van der Waals surface area contributed by atoms with Gasteiger partial charge in [0.15, 0.2) is 0 Å². The van der Waals surface area contributed by atoms with Gasteiger partial charge in [0.25, 0.3) is 0 Å². The number of rotatable bonds is 24. The molecule has 0 aromatic carbocycles. The van der Waals surface area contributed by atoms with Crippen LogP contribution in [-0.4, -0.2) is 124 Å². The zero-order valence-electron chi connectivity index (χ0n) is 19.9. The van der Waals surface area contributed by atoms with Gasteiger partial charge in [-0.2, -0.15) is 0 Å². The fraction of sp³-hybridized carbons (Fsp3) is 0.955. The van der Waals surface area contributed by atoms with Crippen molar-refractivity contribution in [3.8, 4) is 0 Å². The number of unbranched alkanes of at least 4 members (excludes halogenated alkanes) is 1. The number of hydrogen-bond donors (Lipinski definition) is 3. The van der Waals surface area contributed by atoms with Crippen LogP contribution in [0.15, 0.2) is 0 Å². The van der Waals surface area contributed by atoms with Crippen LogP contribution in [0.4, 0.5) is 0 Å². The first-order valence-corrected chi connectivity index (χ1v) is 14.4. The molecule has 0 radical (unpaired) electrons. The number of nitrogens with one attached hydrogen (secondary N) is 1. The monoisotopic (exact) mass is 512 g/mol. The molecule has 0 aromatic rings. The molecule has 1 unspecified atom stereocenters. The third-order valence-electron chi connectivity index (χ3n) is 4.98. The molecule has 9 nitrogen and oxygen atoms in total. The van der Waals surface area contributed by atoms with E-state index in [1.54, 1.807) is 0 Å². The van der Waals surface area contributed by atoms with Crippen LogP contribution >= 0.6 is 21.6 Å². The molecule has 3 N–H and O–H groups in total. The molecule has 0 bridgehead atoms. The highest BCUT2D eigenvalue weighted by Crippen LogP contribution is 2.39. The third-order valence-corrected chi connectivity index (χ3v) is 7.98. The first kappa shape index (κ1) is 30.9. The topological polar surface area (TPSA) is 110 Å². The molecule has 1 atom stereocenters. The molecule has 11 heteroatoms. The van der Waals surface area contributed by atoms with Gasteiger partial charge in [-0.3, -0.25) is 9.69 Å². The van der Waals surface area contributed by atoms with Crippen LogP contribution in [0.25, 0.3) is 0 Å². The van der Waals surface area contributed by atoms with E-state index in [0.717, 1.165) is 37.7 Å². The lowest BCUT2D eigenvalue weighted by molar-refractivity contribution is -0.121. The van der Waals surface area contributed by atoms with E-state index in [1.807, 2.05) is 21.6 Å². The van der Waals surface area contributed by atoms with Gasteiger partial charge in [-0.25, -0.2) is 0 Å². The lowest BCUT2D eigenvalue weighted by atomic mass is 10.1. The summed E-state index contributed by atoms with van der Waals surface area (Å²) in [6.07, 6.45) is 5.19. The van der Waals surface area contributed by atoms with E-state index in [1.165, 1.54) is 18.6 Å². The Morgan fingerprint density at radius 1 is 0.848 bits per heavy atom. The zero-order chi connectivity index (χ0) is 23.8. The molecule has 0 aliphatic carbocycles. The van der Waals surface area contributed by atoms with Crippen molar-refractivity contribution in [3.05, 3.63) is 0 Å². The quantitative estimate of drug-likeness (QED) is 0.129. The summed E-state index contributed by atoms with van der Waals surface area (Å²) in [5, 5.41) is 21.2. The number of carbonyl (C=O) groups is 1. The molecule has 1 heterocycles. The number of hydrogen-bond acceptors (Lipinski definition) is 10. The maximum absolute atomic E-state index is 12.1. The second-order valence-corrected chi connectivity index (χ2v) is 10.5. The third kappa shape index (κ3) is 19.8. The van der Waals surface area contributed by atoms with Crippen molar-refractivity contribution in [2.45, 2.75) is 37.4 Å². The highest BCUT2D eigenvalue weighted by atomic mass is 33.1. The number of carbonyl (C=O) groups excluding carboxylic acids is 1. The van der Waals surface area contributed by atoms with Crippen molar-refractivity contribution in [1.29, 1.82) is 0 Å². The number of amides is 1. The normalized spacial score (nSPS) is 16.0. The Kier molecular flexibility index (Phi) is 22.1. The summed E-state index contributed by atoms with van der Waals surface area (Å²) in [7, 11) is 3.97. The molecule has 1 rings (SSSR count). The molecule has 1 aliphatic rings. The maximum atomic E-state index is 12.1. The van der Waals surface area contributed by atoms with Crippen molar-refractivity contribution in [2.75, 3.05) is 98.0 Å². The number of aliphatic hydroxyl groups is 2. The van der Waals surface area contributed by atoms with Crippen LogP contribution in [0.1, 0.15) is 32.1 Å². The van der Waals surface area contributed by atoms with E-state index in [0.29, 0.717) is 65.8 Å². The maximum Gasteiger partial charge on any atom is 0.220 e. The van der Waals surface area contributed by atoms with Crippen molar-refractivity contribution in [1.82, 2.24) is 10.2 Å². The molecule has 1 aliphatic heterocycles. The van der Waals surface area contributed by atoms with Gasteiger partial charge < -0.3 is 34.5 Å². The van der Waals surface area contributed by atoms with Gasteiger partial charge in [-0.15, -0.1) is 0 Å². The highest BCUT2D eigenvalue weighted by molar-refractivity contribution is 8.77. The molecule has 0 aromatic heterocycles.